The number of nitrogens with zero attached hydrogens (tertiary/aromatic N) is 2. The molecule has 28 heavy (non-hydrogen) atoms. The number of carbonyl (C=O) groups is 1. The van der Waals surface area contributed by atoms with Crippen LogP contribution in [-0.2, 0) is 5.75 Å². The average Bonchev–Trinajstić information content (AvgIpc) is 3.40. The molecule has 140 valence electrons. The molecule has 0 radical (unpaired) electrons. The summed E-state index contributed by atoms with van der Waals surface area (Å²) >= 11 is 7.46. The van der Waals surface area contributed by atoms with E-state index in [9.17, 15) is 4.79 Å². The van der Waals surface area contributed by atoms with Gasteiger partial charge in [-0.2, -0.15) is 5.10 Å². The van der Waals surface area contributed by atoms with Crippen LogP contribution in [0.15, 0.2) is 76.6 Å². The van der Waals surface area contributed by atoms with Gasteiger partial charge in [0.2, 0.25) is 0 Å². The van der Waals surface area contributed by atoms with Gasteiger partial charge in [-0.25, -0.2) is 4.98 Å². The summed E-state index contributed by atoms with van der Waals surface area (Å²) in [5, 5.41) is 10.9. The smallest absolute Gasteiger partial charge is 0.291 e. The highest BCUT2D eigenvalue weighted by Crippen LogP contribution is 2.25. The van der Waals surface area contributed by atoms with Gasteiger partial charge in [0, 0.05) is 22.0 Å². The topological polar surface area (TPSA) is 83.8 Å². The number of benzene rings is 2. The van der Waals surface area contributed by atoms with Crippen LogP contribution < -0.4 is 5.32 Å². The highest BCUT2D eigenvalue weighted by atomic mass is 35.5. The molecule has 0 fully saturated rings. The number of H-pyrrole nitrogens is 1. The number of hydrogen-bond acceptors (Lipinski definition) is 5. The number of aromatic nitrogens is 3. The second kappa shape index (κ2) is 8.33. The van der Waals surface area contributed by atoms with Crippen molar-refractivity contribution < 1.29 is 9.21 Å². The molecule has 0 aliphatic heterocycles. The molecule has 2 N–H and O–H groups in total. The fourth-order valence-electron chi connectivity index (χ4n) is 2.52. The van der Waals surface area contributed by atoms with E-state index < -0.39 is 0 Å². The third kappa shape index (κ3) is 4.44. The summed E-state index contributed by atoms with van der Waals surface area (Å²) in [4.78, 5) is 16.5. The molecule has 0 unspecified atom stereocenters. The van der Waals surface area contributed by atoms with E-state index in [1.165, 1.54) is 6.33 Å². The van der Waals surface area contributed by atoms with Crippen LogP contribution in [0, 0.1) is 0 Å². The summed E-state index contributed by atoms with van der Waals surface area (Å²) in [7, 11) is 0. The highest BCUT2D eigenvalue weighted by molar-refractivity contribution is 7.98. The minimum atomic E-state index is -0.302. The predicted octanol–water partition coefficient (Wildman–Crippen LogP) is 5.26. The Balaban J connectivity index is 1.37. The van der Waals surface area contributed by atoms with E-state index in [1.807, 2.05) is 36.4 Å². The van der Waals surface area contributed by atoms with Crippen molar-refractivity contribution in [2.24, 2.45) is 0 Å². The molecule has 0 atom stereocenters. The van der Waals surface area contributed by atoms with Crippen LogP contribution in [0.1, 0.15) is 16.1 Å². The highest BCUT2D eigenvalue weighted by Gasteiger charge is 2.12. The van der Waals surface area contributed by atoms with Gasteiger partial charge in [-0.05, 0) is 54.1 Å². The predicted molar refractivity (Wildman–Crippen MR) is 109 cm³/mol. The average molecular weight is 411 g/mol. The second-order valence-electron chi connectivity index (χ2n) is 5.90. The third-order valence-corrected chi connectivity index (χ3v) is 5.14. The molecule has 0 aliphatic carbocycles. The summed E-state index contributed by atoms with van der Waals surface area (Å²) in [6.45, 7) is 0. The molecule has 6 nitrogen and oxygen atoms in total. The molecule has 0 saturated carbocycles. The fourth-order valence-corrected chi connectivity index (χ4v) is 3.38. The third-order valence-electron chi connectivity index (χ3n) is 3.94. The van der Waals surface area contributed by atoms with Crippen LogP contribution in [0.4, 0.5) is 5.69 Å². The Morgan fingerprint density at radius 2 is 1.86 bits per heavy atom. The van der Waals surface area contributed by atoms with Gasteiger partial charge in [-0.3, -0.25) is 9.89 Å². The van der Waals surface area contributed by atoms with E-state index in [-0.39, 0.29) is 11.7 Å². The van der Waals surface area contributed by atoms with Crippen molar-refractivity contribution in [2.75, 3.05) is 5.32 Å². The van der Waals surface area contributed by atoms with Gasteiger partial charge >= 0.3 is 0 Å². The molecule has 2 aromatic carbocycles. The molecule has 8 heteroatoms. The van der Waals surface area contributed by atoms with Gasteiger partial charge in [0.15, 0.2) is 10.9 Å². The molecule has 0 spiro atoms. The Labute approximate surface area is 170 Å². The molecule has 2 heterocycles. The van der Waals surface area contributed by atoms with E-state index in [4.69, 9.17) is 16.0 Å². The Morgan fingerprint density at radius 3 is 2.57 bits per heavy atom. The zero-order valence-electron chi connectivity index (χ0n) is 14.6. The van der Waals surface area contributed by atoms with Crippen LogP contribution >= 0.6 is 23.4 Å². The maximum atomic E-state index is 12.4. The standard InChI is InChI=1S/C20H15ClN4O2S/c21-15-5-3-14(4-6-15)17-9-10-18(27-17)19(26)24-16-7-1-13(2-8-16)11-28-20-22-12-23-25-20/h1-10,12H,11H2,(H,24,26)(H,22,23,25). The monoisotopic (exact) mass is 410 g/mol. The van der Waals surface area contributed by atoms with Gasteiger partial charge in [-0.15, -0.1) is 0 Å². The SMILES string of the molecule is O=C(Nc1ccc(CSc2ncn[nH]2)cc1)c1ccc(-c2ccc(Cl)cc2)o1. The van der Waals surface area contributed by atoms with Gasteiger partial charge in [0.05, 0.1) is 0 Å². The lowest BCUT2D eigenvalue weighted by Crippen LogP contribution is -2.10. The van der Waals surface area contributed by atoms with Crippen molar-refractivity contribution in [3.8, 4) is 11.3 Å². The number of halogens is 1. The normalized spacial score (nSPS) is 10.8. The molecule has 4 aromatic rings. The number of nitrogens with one attached hydrogen (secondary N) is 2. The molecule has 0 aliphatic rings. The van der Waals surface area contributed by atoms with Gasteiger partial charge < -0.3 is 9.73 Å². The number of anilines is 1. The molecule has 2 aromatic heterocycles. The van der Waals surface area contributed by atoms with Gasteiger partial charge in [-0.1, -0.05) is 35.5 Å². The van der Waals surface area contributed by atoms with Crippen molar-refractivity contribution in [1.29, 1.82) is 0 Å². The van der Waals surface area contributed by atoms with E-state index in [0.29, 0.717) is 16.5 Å². The summed E-state index contributed by atoms with van der Waals surface area (Å²) in [6.07, 6.45) is 1.48. The van der Waals surface area contributed by atoms with Crippen molar-refractivity contribution in [1.82, 2.24) is 15.2 Å². The second-order valence-corrected chi connectivity index (χ2v) is 7.30. The lowest BCUT2D eigenvalue weighted by atomic mass is 10.2. The largest absolute Gasteiger partial charge is 0.451 e. The Morgan fingerprint density at radius 1 is 1.07 bits per heavy atom. The molecular weight excluding hydrogens is 396 g/mol. The first-order valence-corrected chi connectivity index (χ1v) is 9.78. The molecular formula is C20H15ClN4O2S. The maximum absolute atomic E-state index is 12.4. The first kappa shape index (κ1) is 18.3. The minimum Gasteiger partial charge on any atom is -0.451 e. The summed E-state index contributed by atoms with van der Waals surface area (Å²) in [5.74, 6) is 1.31. The number of carbonyl (C=O) groups excluding carboxylic acids is 1. The Hall–Kier alpha value is -3.03. The van der Waals surface area contributed by atoms with Crippen molar-refractivity contribution in [2.45, 2.75) is 10.9 Å². The first-order chi connectivity index (χ1) is 13.7. The lowest BCUT2D eigenvalue weighted by molar-refractivity contribution is 0.0997. The Bertz CT molecular complexity index is 1060. The summed E-state index contributed by atoms with van der Waals surface area (Å²) in [6, 6.07) is 18.3. The summed E-state index contributed by atoms with van der Waals surface area (Å²) in [5.41, 5.74) is 2.67. The molecule has 0 saturated heterocycles. The van der Waals surface area contributed by atoms with Crippen molar-refractivity contribution >= 4 is 35.0 Å². The number of thioether (sulfide) groups is 1. The number of furan rings is 1. The van der Waals surface area contributed by atoms with E-state index in [0.717, 1.165) is 22.0 Å². The molecule has 4 rings (SSSR count). The number of amides is 1. The van der Waals surface area contributed by atoms with Crippen molar-refractivity contribution in [3.05, 3.63) is 83.3 Å². The van der Waals surface area contributed by atoms with Crippen molar-refractivity contribution in [3.63, 3.8) is 0 Å². The molecule has 0 bridgehead atoms. The number of rotatable bonds is 6. The van der Waals surface area contributed by atoms with Crippen LogP contribution in [-0.4, -0.2) is 21.1 Å². The quantitative estimate of drug-likeness (QED) is 0.423. The van der Waals surface area contributed by atoms with Crippen LogP contribution in [0.5, 0.6) is 0 Å². The van der Waals surface area contributed by atoms with E-state index >= 15 is 0 Å². The maximum Gasteiger partial charge on any atom is 0.291 e. The Kier molecular flexibility index (Phi) is 5.45. The van der Waals surface area contributed by atoms with Crippen LogP contribution in [0.3, 0.4) is 0 Å². The van der Waals surface area contributed by atoms with Gasteiger partial charge in [0.25, 0.3) is 5.91 Å². The minimum absolute atomic E-state index is 0.245. The number of aromatic amines is 1. The van der Waals surface area contributed by atoms with Crippen LogP contribution in [0.2, 0.25) is 5.02 Å². The van der Waals surface area contributed by atoms with E-state index in [2.05, 4.69) is 20.5 Å². The van der Waals surface area contributed by atoms with Crippen LogP contribution in [0.25, 0.3) is 11.3 Å². The lowest BCUT2D eigenvalue weighted by Gasteiger charge is -2.05. The fraction of sp³-hybridized carbons (Fsp3) is 0.0500. The van der Waals surface area contributed by atoms with Gasteiger partial charge in [0.1, 0.15) is 12.1 Å². The molecule has 1 amide bonds. The number of hydrogen-bond donors (Lipinski definition) is 2. The first-order valence-electron chi connectivity index (χ1n) is 8.41. The summed E-state index contributed by atoms with van der Waals surface area (Å²) < 4.78 is 5.67. The zero-order chi connectivity index (χ0) is 19.3. The van der Waals surface area contributed by atoms with E-state index in [1.54, 1.807) is 36.0 Å². The zero-order valence-corrected chi connectivity index (χ0v) is 16.1.